The molecule has 118 valence electrons. The summed E-state index contributed by atoms with van der Waals surface area (Å²) >= 11 is 0. The minimum Gasteiger partial charge on any atom is -0.460 e. The highest BCUT2D eigenvalue weighted by Gasteiger charge is 2.55. The van der Waals surface area contributed by atoms with E-state index in [-0.39, 0.29) is 5.41 Å². The molecule has 1 N–H and O–H groups in total. The van der Waals surface area contributed by atoms with Gasteiger partial charge in [-0.25, -0.2) is 0 Å². The highest BCUT2D eigenvalue weighted by atomic mass is 16.5. The summed E-state index contributed by atoms with van der Waals surface area (Å²) in [6, 6.07) is 14.4. The maximum Gasteiger partial charge on any atom is 0.226 e. The molecule has 2 aliphatic heterocycles. The van der Waals surface area contributed by atoms with Crippen molar-refractivity contribution < 1.29 is 4.74 Å². The van der Waals surface area contributed by atoms with Gasteiger partial charge in [0.1, 0.15) is 11.4 Å². The molecule has 0 bridgehead atoms. The summed E-state index contributed by atoms with van der Waals surface area (Å²) in [6.45, 7) is 4.37. The molecular weight excluding hydrogens is 298 g/mol. The lowest BCUT2D eigenvalue weighted by molar-refractivity contribution is 0.107. The average Bonchev–Trinajstić information content (AvgIpc) is 2.82. The minimum atomic E-state index is -0.681. The molecule has 1 aromatic heterocycles. The van der Waals surface area contributed by atoms with E-state index >= 15 is 0 Å². The van der Waals surface area contributed by atoms with Crippen molar-refractivity contribution in [3.63, 3.8) is 0 Å². The number of hydrogen-bond donors (Lipinski definition) is 1. The molecule has 0 saturated carbocycles. The normalized spacial score (nSPS) is 22.8. The lowest BCUT2D eigenvalue weighted by Crippen LogP contribution is -2.56. The Morgan fingerprint density at radius 1 is 1.04 bits per heavy atom. The number of pyridine rings is 1. The van der Waals surface area contributed by atoms with Crippen LogP contribution in [-0.4, -0.2) is 16.9 Å². The molecule has 4 nitrogen and oxygen atoms in total. The van der Waals surface area contributed by atoms with Crippen molar-refractivity contribution in [1.29, 1.82) is 0 Å². The lowest BCUT2D eigenvalue weighted by Gasteiger charge is -2.40. The van der Waals surface area contributed by atoms with Gasteiger partial charge in [0.25, 0.3) is 0 Å². The first-order valence-corrected chi connectivity index (χ1v) is 8.09. The van der Waals surface area contributed by atoms with Gasteiger partial charge >= 0.3 is 0 Å². The summed E-state index contributed by atoms with van der Waals surface area (Å²) in [5.74, 6) is 0.784. The van der Waals surface area contributed by atoms with Gasteiger partial charge in [0.2, 0.25) is 5.72 Å². The van der Waals surface area contributed by atoms with Crippen molar-refractivity contribution >= 4 is 28.4 Å². The fraction of sp³-hybridized carbons (Fsp3) is 0.200. The number of anilines is 1. The monoisotopic (exact) mass is 315 g/mol. The molecule has 2 aromatic carbocycles. The minimum absolute atomic E-state index is 0.241. The number of nitrogens with one attached hydrogen (secondary N) is 1. The zero-order chi connectivity index (χ0) is 16.4. The number of aromatic nitrogens is 1. The second-order valence-electron chi connectivity index (χ2n) is 6.90. The second kappa shape index (κ2) is 4.35. The molecule has 0 amide bonds. The molecular formula is C20H17N3O. The first-order valence-electron chi connectivity index (χ1n) is 8.09. The molecule has 3 aromatic rings. The Bertz CT molecular complexity index is 1010. The number of nitrogens with zero attached hydrogens (tertiary/aromatic N) is 2. The highest BCUT2D eigenvalue weighted by molar-refractivity contribution is 5.99. The van der Waals surface area contributed by atoms with Gasteiger partial charge in [-0.2, -0.15) is 0 Å². The number of aliphatic imine (C=N–C) groups is 1. The first-order chi connectivity index (χ1) is 11.6. The number of rotatable bonds is 0. The van der Waals surface area contributed by atoms with E-state index < -0.39 is 5.72 Å². The van der Waals surface area contributed by atoms with Crippen molar-refractivity contribution in [2.75, 3.05) is 5.32 Å². The van der Waals surface area contributed by atoms with Crippen LogP contribution in [0.5, 0.6) is 5.75 Å². The van der Waals surface area contributed by atoms with E-state index in [4.69, 9.17) is 9.73 Å². The van der Waals surface area contributed by atoms with E-state index in [2.05, 4.69) is 48.4 Å². The van der Waals surface area contributed by atoms with Crippen molar-refractivity contribution in [3.8, 4) is 5.75 Å². The van der Waals surface area contributed by atoms with Gasteiger partial charge in [-0.05, 0) is 43.0 Å². The van der Waals surface area contributed by atoms with Crippen LogP contribution in [0.3, 0.4) is 0 Å². The van der Waals surface area contributed by atoms with Crippen LogP contribution >= 0.6 is 0 Å². The maximum atomic E-state index is 6.50. The number of fused-ring (bicyclic) bond motifs is 4. The Morgan fingerprint density at radius 3 is 2.79 bits per heavy atom. The molecule has 0 fully saturated rings. The third kappa shape index (κ3) is 1.58. The molecule has 0 saturated heterocycles. The van der Waals surface area contributed by atoms with Crippen LogP contribution in [-0.2, 0) is 5.41 Å². The Labute approximate surface area is 140 Å². The van der Waals surface area contributed by atoms with Crippen LogP contribution in [0, 0.1) is 0 Å². The Hall–Kier alpha value is -2.88. The SMILES string of the molecule is CC1(C)c2ccccc2NC12C=Nc1c(ccc3ccncc13)O2. The predicted molar refractivity (Wildman–Crippen MR) is 96.3 cm³/mol. The molecule has 0 aliphatic carbocycles. The van der Waals surface area contributed by atoms with Crippen molar-refractivity contribution in [2.45, 2.75) is 25.0 Å². The smallest absolute Gasteiger partial charge is 0.226 e. The summed E-state index contributed by atoms with van der Waals surface area (Å²) in [5, 5.41) is 5.66. The van der Waals surface area contributed by atoms with Crippen molar-refractivity contribution in [2.24, 2.45) is 4.99 Å². The largest absolute Gasteiger partial charge is 0.460 e. The Kier molecular flexibility index (Phi) is 2.46. The van der Waals surface area contributed by atoms with Gasteiger partial charge in [-0.1, -0.05) is 24.3 Å². The van der Waals surface area contributed by atoms with Crippen molar-refractivity contribution in [3.05, 3.63) is 60.4 Å². The van der Waals surface area contributed by atoms with Crippen LogP contribution in [0.2, 0.25) is 0 Å². The number of para-hydroxylation sites is 1. The van der Waals surface area contributed by atoms with E-state index in [1.165, 1.54) is 5.56 Å². The van der Waals surface area contributed by atoms with E-state index in [1.807, 2.05) is 30.6 Å². The van der Waals surface area contributed by atoms with E-state index in [0.29, 0.717) is 0 Å². The molecule has 1 atom stereocenters. The topological polar surface area (TPSA) is 46.5 Å². The van der Waals surface area contributed by atoms with Gasteiger partial charge in [-0.15, -0.1) is 0 Å². The summed E-state index contributed by atoms with van der Waals surface area (Å²) in [5.41, 5.74) is 2.26. The molecule has 4 heteroatoms. The lowest BCUT2D eigenvalue weighted by atomic mass is 9.78. The van der Waals surface area contributed by atoms with E-state index in [1.54, 1.807) is 6.20 Å². The van der Waals surface area contributed by atoms with E-state index in [0.717, 1.165) is 27.9 Å². The zero-order valence-electron chi connectivity index (χ0n) is 13.6. The summed E-state index contributed by atoms with van der Waals surface area (Å²) in [7, 11) is 0. The Balaban J connectivity index is 1.68. The maximum absolute atomic E-state index is 6.50. The van der Waals surface area contributed by atoms with Gasteiger partial charge in [-0.3, -0.25) is 9.98 Å². The molecule has 24 heavy (non-hydrogen) atoms. The van der Waals surface area contributed by atoms with Gasteiger partial charge in [0, 0.05) is 23.5 Å². The molecule has 1 unspecified atom stereocenters. The Morgan fingerprint density at radius 2 is 1.92 bits per heavy atom. The number of ether oxygens (including phenoxy) is 1. The third-order valence-electron chi connectivity index (χ3n) is 5.25. The summed E-state index contributed by atoms with van der Waals surface area (Å²) in [6.07, 6.45) is 5.54. The average molecular weight is 315 g/mol. The second-order valence-corrected chi connectivity index (χ2v) is 6.90. The van der Waals surface area contributed by atoms with Gasteiger partial charge in [0.05, 0.1) is 11.6 Å². The van der Waals surface area contributed by atoms with Crippen molar-refractivity contribution in [1.82, 2.24) is 4.98 Å². The van der Waals surface area contributed by atoms with Gasteiger partial charge in [0.15, 0.2) is 0 Å². The molecule has 3 heterocycles. The zero-order valence-corrected chi connectivity index (χ0v) is 13.6. The van der Waals surface area contributed by atoms with Gasteiger partial charge < -0.3 is 10.1 Å². The number of benzene rings is 2. The summed E-state index contributed by atoms with van der Waals surface area (Å²) < 4.78 is 6.50. The van der Waals surface area contributed by atoms with Crippen LogP contribution in [0.25, 0.3) is 10.8 Å². The first kappa shape index (κ1) is 13.5. The molecule has 0 radical (unpaired) electrons. The van der Waals surface area contributed by atoms with Crippen LogP contribution in [0.15, 0.2) is 59.9 Å². The fourth-order valence-electron chi connectivity index (χ4n) is 3.74. The standard InChI is InChI=1S/C20H17N3O/c1-19(2)15-5-3-4-6-16(15)23-20(19)12-22-18-14-11-21-10-9-13(14)7-8-17(18)24-20/h3-12,23H,1-2H3. The third-order valence-corrected chi connectivity index (χ3v) is 5.25. The van der Waals surface area contributed by atoms with Crippen LogP contribution < -0.4 is 10.1 Å². The van der Waals surface area contributed by atoms with E-state index in [9.17, 15) is 0 Å². The van der Waals surface area contributed by atoms with Crippen LogP contribution in [0.4, 0.5) is 11.4 Å². The quantitative estimate of drug-likeness (QED) is 0.667. The molecule has 5 rings (SSSR count). The highest BCUT2D eigenvalue weighted by Crippen LogP contribution is 2.51. The molecule has 1 spiro atoms. The molecule has 2 aliphatic rings. The predicted octanol–water partition coefficient (Wildman–Crippen LogP) is 4.43. The number of hydrogen-bond acceptors (Lipinski definition) is 4. The van der Waals surface area contributed by atoms with Crippen LogP contribution in [0.1, 0.15) is 19.4 Å². The summed E-state index contributed by atoms with van der Waals surface area (Å²) in [4.78, 5) is 9.01. The fourth-order valence-corrected chi connectivity index (χ4v) is 3.74.